The number of nitro groups is 1. The summed E-state index contributed by atoms with van der Waals surface area (Å²) < 4.78 is 5.43. The number of hydrazone groups is 1. The van der Waals surface area contributed by atoms with Crippen LogP contribution < -0.4 is 15.6 Å². The molecule has 0 spiro atoms. The molecule has 0 amide bonds. The number of phenolic OH excluding ortho intramolecular Hbond substituents is 1. The summed E-state index contributed by atoms with van der Waals surface area (Å²) in [6.07, 6.45) is 1.38. The third kappa shape index (κ3) is 5.28. The molecule has 3 aromatic carbocycles. The minimum atomic E-state index is -0.661. The molecular formula is C24H22N8O4. The van der Waals surface area contributed by atoms with Crippen LogP contribution in [0, 0.1) is 10.1 Å². The van der Waals surface area contributed by atoms with Crippen molar-refractivity contribution in [1.82, 2.24) is 15.0 Å². The number of nitrogens with one attached hydrogen (secondary N) is 2. The van der Waals surface area contributed by atoms with Crippen LogP contribution in [-0.2, 0) is 4.74 Å². The first kappa shape index (κ1) is 22.9. The van der Waals surface area contributed by atoms with E-state index in [0.29, 0.717) is 43.8 Å². The van der Waals surface area contributed by atoms with Gasteiger partial charge in [0.15, 0.2) is 5.75 Å². The van der Waals surface area contributed by atoms with E-state index in [0.717, 1.165) is 16.5 Å². The second-order valence-electron chi connectivity index (χ2n) is 7.94. The van der Waals surface area contributed by atoms with E-state index in [9.17, 15) is 15.2 Å². The fourth-order valence-corrected chi connectivity index (χ4v) is 3.70. The second kappa shape index (κ2) is 10.2. The van der Waals surface area contributed by atoms with E-state index in [1.807, 2.05) is 47.4 Å². The van der Waals surface area contributed by atoms with Crippen molar-refractivity contribution in [3.8, 4) is 5.75 Å². The SMILES string of the molecule is O=[N+]([O-])c1cc(/C=N\Nc2nc(Nc3ccc4ccccc4c3)nc(N3CCOCC3)n2)ccc1O. The molecule has 12 heteroatoms. The molecule has 36 heavy (non-hydrogen) atoms. The average molecular weight is 486 g/mol. The first-order chi connectivity index (χ1) is 17.5. The number of fused-ring (bicyclic) bond motifs is 1. The Bertz CT molecular complexity index is 1440. The number of anilines is 4. The lowest BCUT2D eigenvalue weighted by atomic mass is 10.1. The van der Waals surface area contributed by atoms with Gasteiger partial charge in [-0.05, 0) is 35.0 Å². The number of benzene rings is 3. The zero-order valence-corrected chi connectivity index (χ0v) is 19.0. The Morgan fingerprint density at radius 3 is 2.58 bits per heavy atom. The topological polar surface area (TPSA) is 151 Å². The van der Waals surface area contributed by atoms with Gasteiger partial charge in [0.1, 0.15) is 0 Å². The van der Waals surface area contributed by atoms with Crippen molar-refractivity contribution in [2.24, 2.45) is 5.10 Å². The van der Waals surface area contributed by atoms with Gasteiger partial charge in [-0.3, -0.25) is 10.1 Å². The monoisotopic (exact) mass is 486 g/mol. The molecule has 12 nitrogen and oxygen atoms in total. The van der Waals surface area contributed by atoms with E-state index in [-0.39, 0.29) is 5.95 Å². The molecule has 0 radical (unpaired) electrons. The largest absolute Gasteiger partial charge is 0.502 e. The van der Waals surface area contributed by atoms with E-state index in [4.69, 9.17) is 4.74 Å². The lowest BCUT2D eigenvalue weighted by Crippen LogP contribution is -2.37. The standard InChI is InChI=1S/C24H22N8O4/c33-21-8-5-16(13-20(21)32(34)35)15-25-30-23-27-22(28-24(29-23)31-9-11-36-12-10-31)26-19-7-6-17-3-1-2-4-18(17)14-19/h1-8,13-15,33H,9-12H2,(H2,26,27,28,29,30)/b25-15-. The molecule has 0 aliphatic carbocycles. The summed E-state index contributed by atoms with van der Waals surface area (Å²) in [5, 5.41) is 30.2. The van der Waals surface area contributed by atoms with E-state index >= 15 is 0 Å². The van der Waals surface area contributed by atoms with Crippen LogP contribution >= 0.6 is 0 Å². The van der Waals surface area contributed by atoms with Crippen LogP contribution in [0.4, 0.5) is 29.2 Å². The van der Waals surface area contributed by atoms with Gasteiger partial charge < -0.3 is 20.1 Å². The van der Waals surface area contributed by atoms with Crippen molar-refractivity contribution < 1.29 is 14.8 Å². The number of hydrogen-bond donors (Lipinski definition) is 3. The van der Waals surface area contributed by atoms with Crippen LogP contribution in [0.5, 0.6) is 5.75 Å². The first-order valence-electron chi connectivity index (χ1n) is 11.2. The van der Waals surface area contributed by atoms with Gasteiger partial charge >= 0.3 is 5.69 Å². The van der Waals surface area contributed by atoms with Crippen molar-refractivity contribution in [3.63, 3.8) is 0 Å². The van der Waals surface area contributed by atoms with Crippen LogP contribution in [0.25, 0.3) is 10.8 Å². The third-order valence-corrected chi connectivity index (χ3v) is 5.50. The van der Waals surface area contributed by atoms with Crippen LogP contribution in [0.1, 0.15) is 5.56 Å². The van der Waals surface area contributed by atoms with Gasteiger partial charge in [-0.1, -0.05) is 30.3 Å². The second-order valence-corrected chi connectivity index (χ2v) is 7.94. The molecule has 3 N–H and O–H groups in total. The summed E-state index contributed by atoms with van der Waals surface area (Å²) in [4.78, 5) is 25.9. The number of nitro benzene ring substituents is 1. The van der Waals surface area contributed by atoms with Crippen molar-refractivity contribution >= 4 is 46.2 Å². The van der Waals surface area contributed by atoms with Gasteiger partial charge in [-0.2, -0.15) is 20.1 Å². The van der Waals surface area contributed by atoms with E-state index in [1.165, 1.54) is 24.4 Å². The van der Waals surface area contributed by atoms with Gasteiger partial charge in [-0.15, -0.1) is 0 Å². The summed E-state index contributed by atoms with van der Waals surface area (Å²) >= 11 is 0. The molecule has 2 heterocycles. The quantitative estimate of drug-likeness (QED) is 0.200. The summed E-state index contributed by atoms with van der Waals surface area (Å²) in [7, 11) is 0. The molecule has 0 unspecified atom stereocenters. The molecule has 1 fully saturated rings. The number of ether oxygens (including phenoxy) is 1. The summed E-state index contributed by atoms with van der Waals surface area (Å²) in [6, 6.07) is 18.0. The predicted molar refractivity (Wildman–Crippen MR) is 136 cm³/mol. The molecule has 1 aliphatic heterocycles. The minimum absolute atomic E-state index is 0.194. The molecule has 4 aromatic rings. The Kier molecular flexibility index (Phi) is 6.49. The van der Waals surface area contributed by atoms with Crippen molar-refractivity contribution in [2.45, 2.75) is 0 Å². The number of morpholine rings is 1. The normalized spacial score (nSPS) is 13.7. The van der Waals surface area contributed by atoms with Crippen LogP contribution in [-0.4, -0.2) is 57.5 Å². The van der Waals surface area contributed by atoms with Gasteiger partial charge in [0.2, 0.25) is 17.8 Å². The van der Waals surface area contributed by atoms with E-state index in [2.05, 4.69) is 30.8 Å². The van der Waals surface area contributed by atoms with Crippen molar-refractivity contribution in [1.29, 1.82) is 0 Å². The number of hydrogen-bond acceptors (Lipinski definition) is 11. The summed E-state index contributed by atoms with van der Waals surface area (Å²) in [5.74, 6) is 0.579. The minimum Gasteiger partial charge on any atom is -0.502 e. The Hall–Kier alpha value is -4.84. The number of phenols is 1. The average Bonchev–Trinajstić information content (AvgIpc) is 2.90. The third-order valence-electron chi connectivity index (χ3n) is 5.50. The maximum atomic E-state index is 11.1. The molecule has 0 atom stereocenters. The lowest BCUT2D eigenvalue weighted by molar-refractivity contribution is -0.385. The maximum Gasteiger partial charge on any atom is 0.311 e. The maximum absolute atomic E-state index is 11.1. The van der Waals surface area contributed by atoms with Crippen LogP contribution in [0.3, 0.4) is 0 Å². The smallest absolute Gasteiger partial charge is 0.311 e. The van der Waals surface area contributed by atoms with Gasteiger partial charge in [-0.25, -0.2) is 5.43 Å². The predicted octanol–water partition coefficient (Wildman–Crippen LogP) is 3.66. The van der Waals surface area contributed by atoms with Crippen LogP contribution in [0.2, 0.25) is 0 Å². The molecule has 5 rings (SSSR count). The zero-order valence-electron chi connectivity index (χ0n) is 19.0. The summed E-state index contributed by atoms with van der Waals surface area (Å²) in [5.41, 5.74) is 3.60. The Labute approximate surface area is 205 Å². The molecule has 1 aromatic heterocycles. The number of rotatable bonds is 7. The highest BCUT2D eigenvalue weighted by Gasteiger charge is 2.17. The van der Waals surface area contributed by atoms with Gasteiger partial charge in [0.25, 0.3) is 0 Å². The fraction of sp³-hybridized carbons (Fsp3) is 0.167. The van der Waals surface area contributed by atoms with E-state index < -0.39 is 16.4 Å². The molecule has 1 saturated heterocycles. The van der Waals surface area contributed by atoms with Crippen molar-refractivity contribution in [2.75, 3.05) is 41.9 Å². The summed E-state index contributed by atoms with van der Waals surface area (Å²) in [6.45, 7) is 2.41. The highest BCUT2D eigenvalue weighted by Crippen LogP contribution is 2.26. The van der Waals surface area contributed by atoms with Gasteiger partial charge in [0.05, 0.1) is 24.4 Å². The number of aromatic hydroxyl groups is 1. The fourth-order valence-electron chi connectivity index (χ4n) is 3.70. The lowest BCUT2D eigenvalue weighted by Gasteiger charge is -2.27. The number of aromatic nitrogens is 3. The van der Waals surface area contributed by atoms with Crippen LogP contribution in [0.15, 0.2) is 65.8 Å². The van der Waals surface area contributed by atoms with Gasteiger partial charge in [0, 0.05) is 30.4 Å². The highest BCUT2D eigenvalue weighted by atomic mass is 16.6. The molecule has 1 aliphatic rings. The molecule has 0 bridgehead atoms. The number of nitrogens with zero attached hydrogens (tertiary/aromatic N) is 6. The molecular weight excluding hydrogens is 464 g/mol. The van der Waals surface area contributed by atoms with Crippen molar-refractivity contribution in [3.05, 3.63) is 76.3 Å². The molecule has 0 saturated carbocycles. The zero-order chi connectivity index (χ0) is 24.9. The molecule has 182 valence electrons. The first-order valence-corrected chi connectivity index (χ1v) is 11.2. The Morgan fingerprint density at radius 2 is 1.78 bits per heavy atom. The Balaban J connectivity index is 1.40. The Morgan fingerprint density at radius 1 is 1.00 bits per heavy atom. The highest BCUT2D eigenvalue weighted by molar-refractivity contribution is 5.86. The van der Waals surface area contributed by atoms with E-state index in [1.54, 1.807) is 0 Å².